The topological polar surface area (TPSA) is 78.8 Å². The summed E-state index contributed by atoms with van der Waals surface area (Å²) >= 11 is 0. The Kier molecular flexibility index (Phi) is 6.86. The molecule has 0 spiro atoms. The fraction of sp³-hybridized carbons (Fsp3) is 0.571. The fourth-order valence-corrected chi connectivity index (χ4v) is 6.23. The predicted octanol–water partition coefficient (Wildman–Crippen LogP) is 3.80. The third-order valence-corrected chi connectivity index (χ3v) is 8.11. The Balaban J connectivity index is 1.33. The van der Waals surface area contributed by atoms with E-state index in [1.165, 1.54) is 11.3 Å². The summed E-state index contributed by atoms with van der Waals surface area (Å²) in [6.07, 6.45) is 6.14. The van der Waals surface area contributed by atoms with Crippen LogP contribution in [0.4, 0.5) is 5.69 Å². The molecule has 0 bridgehead atoms. The van der Waals surface area contributed by atoms with Gasteiger partial charge in [-0.1, -0.05) is 13.0 Å². The molecule has 1 aromatic heterocycles. The number of likely N-dealkylation sites (tertiary alicyclic amines) is 1. The van der Waals surface area contributed by atoms with Crippen molar-refractivity contribution < 1.29 is 14.4 Å². The van der Waals surface area contributed by atoms with E-state index in [1.807, 2.05) is 36.7 Å². The number of aromatic nitrogens is 2. The monoisotopic (exact) mass is 491 g/mol. The van der Waals surface area contributed by atoms with E-state index in [2.05, 4.69) is 21.8 Å². The van der Waals surface area contributed by atoms with Gasteiger partial charge < -0.3 is 9.80 Å². The molecule has 3 aliphatic rings. The van der Waals surface area contributed by atoms with Gasteiger partial charge in [-0.3, -0.25) is 24.0 Å². The molecule has 3 amide bonds. The Bertz CT molecular complexity index is 1170. The molecule has 36 heavy (non-hydrogen) atoms. The van der Waals surface area contributed by atoms with Gasteiger partial charge in [0.05, 0.1) is 35.0 Å². The fourth-order valence-electron chi connectivity index (χ4n) is 6.23. The number of fused-ring (bicyclic) bond motifs is 1. The number of hydrogen-bond acceptors (Lipinski definition) is 5. The van der Waals surface area contributed by atoms with Crippen LogP contribution in [0.15, 0.2) is 24.3 Å². The van der Waals surface area contributed by atoms with Crippen LogP contribution in [0.25, 0.3) is 0 Å². The van der Waals surface area contributed by atoms with Gasteiger partial charge in [-0.2, -0.15) is 5.10 Å². The lowest BCUT2D eigenvalue weighted by Crippen LogP contribution is -2.50. The molecule has 2 fully saturated rings. The quantitative estimate of drug-likeness (QED) is 0.575. The summed E-state index contributed by atoms with van der Waals surface area (Å²) in [7, 11) is 0. The maximum Gasteiger partial charge on any atom is 0.263 e. The molecular formula is C28H37N5O3. The number of aryl methyl sites for hydroxylation is 2. The van der Waals surface area contributed by atoms with E-state index >= 15 is 0 Å². The summed E-state index contributed by atoms with van der Waals surface area (Å²) in [5.41, 5.74) is 3.64. The summed E-state index contributed by atoms with van der Waals surface area (Å²) in [6, 6.07) is 7.86. The number of amides is 3. The number of carbonyl (C=O) groups is 3. The van der Waals surface area contributed by atoms with Crippen LogP contribution in [-0.4, -0.2) is 69.5 Å². The minimum absolute atomic E-state index is 0.0731. The van der Waals surface area contributed by atoms with Gasteiger partial charge in [-0.25, -0.2) is 0 Å². The molecule has 0 aliphatic carbocycles. The molecule has 2 atom stereocenters. The minimum Gasteiger partial charge on any atom is -0.370 e. The Morgan fingerprint density at radius 3 is 2.61 bits per heavy atom. The standard InChI is InChI=1S/C28H37N5O3/c1-4-22-10-5-6-14-31(22)26(34)21-9-8-13-30(18-21)24-12-7-11-23-25(24)28(36)32(27(23)35)15-16-33-20(3)17-19(2)29-33/h7,11-12,17,21-22H,4-6,8-10,13-16,18H2,1-3H3/t21-,22+/m0/s1. The van der Waals surface area contributed by atoms with E-state index in [1.54, 1.807) is 6.07 Å². The van der Waals surface area contributed by atoms with Crippen LogP contribution in [-0.2, 0) is 11.3 Å². The van der Waals surface area contributed by atoms with Gasteiger partial charge in [0.25, 0.3) is 11.8 Å². The second kappa shape index (κ2) is 10.1. The van der Waals surface area contributed by atoms with E-state index in [0.717, 1.165) is 62.3 Å². The Labute approximate surface area is 213 Å². The summed E-state index contributed by atoms with van der Waals surface area (Å²) in [5, 5.41) is 4.46. The molecule has 192 valence electrons. The van der Waals surface area contributed by atoms with Gasteiger partial charge in [0, 0.05) is 37.9 Å². The first kappa shape index (κ1) is 24.5. The van der Waals surface area contributed by atoms with Crippen molar-refractivity contribution in [2.75, 3.05) is 31.1 Å². The second-order valence-electron chi connectivity index (χ2n) is 10.5. The van der Waals surface area contributed by atoms with Gasteiger partial charge in [0.1, 0.15) is 0 Å². The van der Waals surface area contributed by atoms with Crippen LogP contribution < -0.4 is 4.90 Å². The first-order chi connectivity index (χ1) is 17.4. The highest BCUT2D eigenvalue weighted by Crippen LogP contribution is 2.35. The molecule has 1 aromatic carbocycles. The van der Waals surface area contributed by atoms with Gasteiger partial charge in [0.2, 0.25) is 5.91 Å². The smallest absolute Gasteiger partial charge is 0.263 e. The Morgan fingerprint density at radius 1 is 1.03 bits per heavy atom. The summed E-state index contributed by atoms with van der Waals surface area (Å²) < 4.78 is 1.84. The maximum atomic E-state index is 13.5. The number of anilines is 1. The van der Waals surface area contributed by atoms with Gasteiger partial charge in [-0.15, -0.1) is 0 Å². The van der Waals surface area contributed by atoms with Crippen molar-refractivity contribution in [2.24, 2.45) is 5.92 Å². The van der Waals surface area contributed by atoms with Crippen LogP contribution in [0.2, 0.25) is 0 Å². The molecule has 8 nitrogen and oxygen atoms in total. The normalized spacial score (nSPS) is 22.4. The Hall–Kier alpha value is -3.16. The summed E-state index contributed by atoms with van der Waals surface area (Å²) in [4.78, 5) is 45.8. The van der Waals surface area contributed by atoms with Crippen LogP contribution in [0.5, 0.6) is 0 Å². The molecule has 5 rings (SSSR count). The largest absolute Gasteiger partial charge is 0.370 e. The zero-order chi connectivity index (χ0) is 25.4. The lowest BCUT2D eigenvalue weighted by molar-refractivity contribution is -0.139. The molecule has 0 saturated carbocycles. The van der Waals surface area contributed by atoms with Crippen molar-refractivity contribution in [1.29, 1.82) is 0 Å². The highest BCUT2D eigenvalue weighted by atomic mass is 16.2. The lowest BCUT2D eigenvalue weighted by atomic mass is 9.92. The molecule has 8 heteroatoms. The molecule has 2 saturated heterocycles. The third kappa shape index (κ3) is 4.42. The van der Waals surface area contributed by atoms with E-state index in [-0.39, 0.29) is 30.2 Å². The van der Waals surface area contributed by atoms with Crippen molar-refractivity contribution in [3.63, 3.8) is 0 Å². The first-order valence-corrected chi connectivity index (χ1v) is 13.4. The summed E-state index contributed by atoms with van der Waals surface area (Å²) in [5.74, 6) is -0.311. The zero-order valence-electron chi connectivity index (χ0n) is 21.7. The average Bonchev–Trinajstić information content (AvgIpc) is 3.35. The number of benzene rings is 1. The molecule has 0 radical (unpaired) electrons. The SMILES string of the molecule is CC[C@@H]1CCCCN1C(=O)[C@H]1CCCN(c2cccc3c2C(=O)N(CCn2nc(C)cc2C)C3=O)C1. The van der Waals surface area contributed by atoms with Gasteiger partial charge >= 0.3 is 0 Å². The number of rotatable bonds is 6. The van der Waals surface area contributed by atoms with Crippen LogP contribution >= 0.6 is 0 Å². The molecule has 4 heterocycles. The van der Waals surface area contributed by atoms with Crippen LogP contribution in [0.3, 0.4) is 0 Å². The number of imide groups is 1. The van der Waals surface area contributed by atoms with E-state index in [4.69, 9.17) is 0 Å². The second-order valence-corrected chi connectivity index (χ2v) is 10.5. The first-order valence-electron chi connectivity index (χ1n) is 13.4. The highest BCUT2D eigenvalue weighted by molar-refractivity contribution is 6.23. The Morgan fingerprint density at radius 2 is 1.86 bits per heavy atom. The number of hydrogen-bond donors (Lipinski definition) is 0. The van der Waals surface area contributed by atoms with Gasteiger partial charge in [0.15, 0.2) is 0 Å². The third-order valence-electron chi connectivity index (χ3n) is 8.11. The van der Waals surface area contributed by atoms with Crippen molar-refractivity contribution >= 4 is 23.4 Å². The molecule has 0 N–H and O–H groups in total. The van der Waals surface area contributed by atoms with Crippen LogP contribution in [0.1, 0.15) is 77.6 Å². The van der Waals surface area contributed by atoms with Crippen molar-refractivity contribution in [1.82, 2.24) is 19.6 Å². The molecule has 3 aliphatic heterocycles. The number of carbonyl (C=O) groups excluding carboxylic acids is 3. The highest BCUT2D eigenvalue weighted by Gasteiger charge is 2.40. The maximum absolute atomic E-state index is 13.5. The van der Waals surface area contributed by atoms with Crippen molar-refractivity contribution in [3.8, 4) is 0 Å². The average molecular weight is 492 g/mol. The predicted molar refractivity (Wildman–Crippen MR) is 138 cm³/mol. The van der Waals surface area contributed by atoms with E-state index < -0.39 is 0 Å². The van der Waals surface area contributed by atoms with Gasteiger partial charge in [-0.05, 0) is 70.6 Å². The zero-order valence-corrected chi connectivity index (χ0v) is 21.7. The van der Waals surface area contributed by atoms with E-state index in [9.17, 15) is 14.4 Å². The molecule has 2 aromatic rings. The summed E-state index contributed by atoms with van der Waals surface area (Å²) in [6.45, 7) is 9.05. The van der Waals surface area contributed by atoms with E-state index in [0.29, 0.717) is 30.3 Å². The minimum atomic E-state index is -0.248. The number of piperidine rings is 2. The molecular weight excluding hydrogens is 454 g/mol. The van der Waals surface area contributed by atoms with Crippen molar-refractivity contribution in [3.05, 3.63) is 46.8 Å². The lowest BCUT2D eigenvalue weighted by Gasteiger charge is -2.41. The number of nitrogens with zero attached hydrogens (tertiary/aromatic N) is 5. The van der Waals surface area contributed by atoms with Crippen LogP contribution in [0, 0.1) is 19.8 Å². The van der Waals surface area contributed by atoms with Crippen molar-refractivity contribution in [2.45, 2.75) is 71.9 Å². The molecule has 0 unspecified atom stereocenters.